The number of anilines is 2. The van der Waals surface area contributed by atoms with Crippen LogP contribution in [-0.2, 0) is 9.59 Å². The molecule has 2 heterocycles. The van der Waals surface area contributed by atoms with E-state index < -0.39 is 6.04 Å². The summed E-state index contributed by atoms with van der Waals surface area (Å²) in [4.78, 5) is 33.3. The highest BCUT2D eigenvalue weighted by Crippen LogP contribution is 2.21. The Hall–Kier alpha value is -3.62. The van der Waals surface area contributed by atoms with Crippen molar-refractivity contribution in [2.75, 3.05) is 43.5 Å². The number of rotatable bonds is 4. The fourth-order valence-corrected chi connectivity index (χ4v) is 3.66. The van der Waals surface area contributed by atoms with Crippen LogP contribution < -0.4 is 20.3 Å². The normalized spacial score (nSPS) is 18.8. The average Bonchev–Trinajstić information content (AvgIpc) is 2.79. The molecule has 4 rings (SSSR count). The lowest BCUT2D eigenvalue weighted by molar-refractivity contribution is -0.125. The molecular weight excluding hydrogens is 401 g/mol. The summed E-state index contributed by atoms with van der Waals surface area (Å²) in [5, 5.41) is 5.56. The average molecular weight is 425 g/mol. The first-order chi connectivity index (χ1) is 15.0. The highest BCUT2D eigenvalue weighted by Gasteiger charge is 2.31. The molecule has 1 fully saturated rings. The van der Waals surface area contributed by atoms with Crippen LogP contribution in [0.3, 0.4) is 0 Å². The summed E-state index contributed by atoms with van der Waals surface area (Å²) < 4.78 is 19.2. The zero-order valence-corrected chi connectivity index (χ0v) is 17.2. The van der Waals surface area contributed by atoms with Gasteiger partial charge in [-0.1, -0.05) is 12.1 Å². The van der Waals surface area contributed by atoms with Gasteiger partial charge in [0, 0.05) is 31.9 Å². The van der Waals surface area contributed by atoms with E-state index in [0.717, 1.165) is 0 Å². The maximum atomic E-state index is 14.1. The molecule has 0 spiro atoms. The predicted molar refractivity (Wildman–Crippen MR) is 116 cm³/mol. The van der Waals surface area contributed by atoms with Crippen molar-refractivity contribution in [2.45, 2.75) is 12.5 Å². The van der Waals surface area contributed by atoms with Gasteiger partial charge >= 0.3 is 0 Å². The number of hydrogen-bond acceptors (Lipinski definition) is 6. The van der Waals surface area contributed by atoms with Gasteiger partial charge in [0.15, 0.2) is 0 Å². The molecule has 1 saturated heterocycles. The molecule has 2 aromatic rings. The van der Waals surface area contributed by atoms with Crippen LogP contribution >= 0.6 is 0 Å². The number of amides is 2. The Morgan fingerprint density at radius 1 is 1.10 bits per heavy atom. The molecule has 1 atom stereocenters. The van der Waals surface area contributed by atoms with Gasteiger partial charge in [-0.05, 0) is 36.4 Å². The molecule has 2 amide bonds. The molecule has 2 aliphatic heterocycles. The highest BCUT2D eigenvalue weighted by molar-refractivity contribution is 6.06. The Morgan fingerprint density at radius 2 is 1.77 bits per heavy atom. The Bertz CT molecular complexity index is 987. The predicted octanol–water partition coefficient (Wildman–Crippen LogP) is 1.84. The molecule has 0 radical (unpaired) electrons. The summed E-state index contributed by atoms with van der Waals surface area (Å²) in [6.07, 6.45) is -0.0132. The fraction of sp³-hybridized carbons (Fsp3) is 0.318. The van der Waals surface area contributed by atoms with Crippen LogP contribution in [0.4, 0.5) is 15.8 Å². The largest absolute Gasteiger partial charge is 0.497 e. The number of para-hydroxylation sites is 1. The van der Waals surface area contributed by atoms with E-state index >= 15 is 0 Å². The number of nitrogens with zero attached hydrogens (tertiary/aromatic N) is 3. The van der Waals surface area contributed by atoms with Gasteiger partial charge in [-0.15, -0.1) is 0 Å². The quantitative estimate of drug-likeness (QED) is 0.781. The lowest BCUT2D eigenvalue weighted by Crippen LogP contribution is -2.56. The van der Waals surface area contributed by atoms with Crippen molar-refractivity contribution in [3.8, 4) is 5.75 Å². The maximum Gasteiger partial charge on any atom is 0.249 e. The third-order valence-electron chi connectivity index (χ3n) is 5.34. The number of benzene rings is 2. The van der Waals surface area contributed by atoms with Gasteiger partial charge in [-0.2, -0.15) is 0 Å². The summed E-state index contributed by atoms with van der Waals surface area (Å²) >= 11 is 0. The monoisotopic (exact) mass is 425 g/mol. The molecule has 0 unspecified atom stereocenters. The number of nitrogens with one attached hydrogen (secondary N) is 2. The Balaban J connectivity index is 1.40. The number of guanidine groups is 1. The first-order valence-corrected chi connectivity index (χ1v) is 10.1. The lowest BCUT2D eigenvalue weighted by atomic mass is 10.1. The minimum atomic E-state index is -0.810. The summed E-state index contributed by atoms with van der Waals surface area (Å²) in [5.74, 6) is 0.220. The Labute approximate surface area is 179 Å². The van der Waals surface area contributed by atoms with Crippen molar-refractivity contribution in [3.05, 3.63) is 54.3 Å². The zero-order chi connectivity index (χ0) is 21.8. The molecule has 2 aliphatic rings. The third-order valence-corrected chi connectivity index (χ3v) is 5.34. The van der Waals surface area contributed by atoms with Crippen LogP contribution in [0.1, 0.15) is 6.42 Å². The van der Waals surface area contributed by atoms with Crippen molar-refractivity contribution >= 4 is 29.1 Å². The van der Waals surface area contributed by atoms with E-state index in [1.54, 1.807) is 43.5 Å². The van der Waals surface area contributed by atoms with Crippen molar-refractivity contribution in [1.29, 1.82) is 0 Å². The zero-order valence-electron chi connectivity index (χ0n) is 17.2. The number of halogens is 1. The Kier molecular flexibility index (Phi) is 6.01. The number of piperazine rings is 1. The van der Waals surface area contributed by atoms with Gasteiger partial charge in [-0.3, -0.25) is 14.9 Å². The number of carbonyl (C=O) groups excluding carboxylic acids is 2. The van der Waals surface area contributed by atoms with Gasteiger partial charge in [0.25, 0.3) is 0 Å². The van der Waals surface area contributed by atoms with E-state index in [9.17, 15) is 14.0 Å². The first-order valence-electron chi connectivity index (χ1n) is 10.1. The highest BCUT2D eigenvalue weighted by atomic mass is 19.1. The second kappa shape index (κ2) is 9.03. The van der Waals surface area contributed by atoms with Crippen molar-refractivity contribution in [2.24, 2.45) is 4.99 Å². The maximum absolute atomic E-state index is 14.1. The van der Waals surface area contributed by atoms with E-state index in [2.05, 4.69) is 15.6 Å². The number of carbonyl (C=O) groups is 2. The molecule has 31 heavy (non-hydrogen) atoms. The molecule has 0 aliphatic carbocycles. The van der Waals surface area contributed by atoms with Crippen LogP contribution in [0.5, 0.6) is 5.75 Å². The summed E-state index contributed by atoms with van der Waals surface area (Å²) in [6, 6.07) is 12.8. The molecule has 8 nitrogen and oxygen atoms in total. The summed E-state index contributed by atoms with van der Waals surface area (Å²) in [7, 11) is 1.57. The second-order valence-electron chi connectivity index (χ2n) is 7.36. The molecule has 9 heteroatoms. The minimum absolute atomic E-state index is 0.0132. The van der Waals surface area contributed by atoms with E-state index in [4.69, 9.17) is 4.74 Å². The SMILES string of the molecule is COc1ccc(NC(=O)[C@H]2CC(=O)NC(N3CCN(c4ccccc4F)CC3)=N2)cc1. The van der Waals surface area contributed by atoms with Crippen molar-refractivity contribution in [3.63, 3.8) is 0 Å². The minimum Gasteiger partial charge on any atom is -0.497 e. The van der Waals surface area contributed by atoms with Crippen molar-refractivity contribution in [1.82, 2.24) is 10.2 Å². The van der Waals surface area contributed by atoms with Crippen molar-refractivity contribution < 1.29 is 18.7 Å². The molecular formula is C22H24FN5O3. The summed E-state index contributed by atoms with van der Waals surface area (Å²) in [6.45, 7) is 2.28. The van der Waals surface area contributed by atoms with Gasteiger partial charge in [-0.25, -0.2) is 9.38 Å². The lowest BCUT2D eigenvalue weighted by Gasteiger charge is -2.38. The molecule has 0 aromatic heterocycles. The van der Waals surface area contributed by atoms with E-state index in [1.165, 1.54) is 6.07 Å². The van der Waals surface area contributed by atoms with E-state index in [0.29, 0.717) is 49.3 Å². The van der Waals surface area contributed by atoms with E-state index in [-0.39, 0.29) is 24.1 Å². The van der Waals surface area contributed by atoms with Crippen LogP contribution in [0.2, 0.25) is 0 Å². The van der Waals surface area contributed by atoms with Crippen LogP contribution in [0, 0.1) is 5.82 Å². The third kappa shape index (κ3) is 4.76. The van der Waals surface area contributed by atoms with Gasteiger partial charge < -0.3 is 19.9 Å². The molecule has 2 aromatic carbocycles. The van der Waals surface area contributed by atoms with Gasteiger partial charge in [0.2, 0.25) is 17.8 Å². The van der Waals surface area contributed by atoms with Crippen LogP contribution in [0.25, 0.3) is 0 Å². The van der Waals surface area contributed by atoms with Crippen LogP contribution in [-0.4, -0.2) is 62.0 Å². The first kappa shape index (κ1) is 20.6. The Morgan fingerprint density at radius 3 is 2.45 bits per heavy atom. The molecule has 0 saturated carbocycles. The molecule has 0 bridgehead atoms. The van der Waals surface area contributed by atoms with Gasteiger partial charge in [0.05, 0.1) is 19.2 Å². The molecule has 162 valence electrons. The summed E-state index contributed by atoms with van der Waals surface area (Å²) in [5.41, 5.74) is 1.17. The molecule has 2 N–H and O–H groups in total. The van der Waals surface area contributed by atoms with Crippen LogP contribution in [0.15, 0.2) is 53.5 Å². The van der Waals surface area contributed by atoms with Gasteiger partial charge in [0.1, 0.15) is 17.6 Å². The number of aliphatic imine (C=N–C) groups is 1. The second-order valence-corrected chi connectivity index (χ2v) is 7.36. The van der Waals surface area contributed by atoms with E-state index in [1.807, 2.05) is 15.9 Å². The standard InChI is InChI=1S/C22H24FN5O3/c1-31-16-8-6-15(7-9-16)24-21(30)18-14-20(29)26-22(25-18)28-12-10-27(11-13-28)19-5-3-2-4-17(19)23/h2-9,18H,10-14H2,1H3,(H,24,30)(H,25,26,29)/t18-/m1/s1. The number of hydrogen-bond donors (Lipinski definition) is 2. The number of ether oxygens (including phenoxy) is 1. The fourth-order valence-electron chi connectivity index (χ4n) is 3.66. The topological polar surface area (TPSA) is 86.3 Å². The number of methoxy groups -OCH3 is 1. The smallest absolute Gasteiger partial charge is 0.249 e.